The molecule has 0 bridgehead atoms. The van der Waals surface area contributed by atoms with Crippen molar-refractivity contribution in [2.45, 2.75) is 25.5 Å². The number of ether oxygens (including phenoxy) is 1. The Balaban J connectivity index is 2.09. The summed E-state index contributed by atoms with van der Waals surface area (Å²) in [6.07, 6.45) is 0.430. The Kier molecular flexibility index (Phi) is 4.56. The number of methoxy groups -OCH3 is 1. The lowest BCUT2D eigenvalue weighted by molar-refractivity contribution is -0.144. The van der Waals surface area contributed by atoms with Gasteiger partial charge in [-0.2, -0.15) is 0 Å². The summed E-state index contributed by atoms with van der Waals surface area (Å²) >= 11 is 0. The molecule has 1 amide bonds. The number of amides is 1. The van der Waals surface area contributed by atoms with Crippen molar-refractivity contribution in [3.63, 3.8) is 0 Å². The van der Waals surface area contributed by atoms with Crippen LogP contribution < -0.4 is 5.73 Å². The molecule has 4 heteroatoms. The number of hydrogen-bond donors (Lipinski definition) is 1. The molecule has 0 spiro atoms. The second-order valence-corrected chi connectivity index (χ2v) is 5.24. The van der Waals surface area contributed by atoms with Gasteiger partial charge in [-0.05, 0) is 17.9 Å². The summed E-state index contributed by atoms with van der Waals surface area (Å²) in [5, 5.41) is 0. The maximum absolute atomic E-state index is 12.5. The van der Waals surface area contributed by atoms with Gasteiger partial charge in [-0.25, -0.2) is 0 Å². The Morgan fingerprint density at radius 3 is 2.68 bits per heavy atom. The molecule has 0 saturated carbocycles. The topological polar surface area (TPSA) is 55.6 Å². The van der Waals surface area contributed by atoms with Gasteiger partial charge in [-0.3, -0.25) is 4.79 Å². The quantitative estimate of drug-likeness (QED) is 0.899. The molecule has 1 aliphatic heterocycles. The highest BCUT2D eigenvalue weighted by molar-refractivity contribution is 5.82. The SMILES string of the molecule is COC(C(=O)N1CCC(C)C(N)C1)c1ccccc1. The third-order valence-electron chi connectivity index (χ3n) is 3.89. The standard InChI is InChI=1S/C15H22N2O2/c1-11-8-9-17(10-13(11)16)15(18)14(19-2)12-6-4-3-5-7-12/h3-7,11,13-14H,8-10,16H2,1-2H3. The van der Waals surface area contributed by atoms with E-state index in [2.05, 4.69) is 6.92 Å². The van der Waals surface area contributed by atoms with E-state index in [0.29, 0.717) is 12.5 Å². The van der Waals surface area contributed by atoms with Gasteiger partial charge in [0.25, 0.3) is 5.91 Å². The Labute approximate surface area is 114 Å². The Hall–Kier alpha value is -1.39. The molecule has 2 N–H and O–H groups in total. The molecule has 4 nitrogen and oxygen atoms in total. The fraction of sp³-hybridized carbons (Fsp3) is 0.533. The lowest BCUT2D eigenvalue weighted by Gasteiger charge is -2.36. The minimum Gasteiger partial charge on any atom is -0.367 e. The van der Waals surface area contributed by atoms with Crippen LogP contribution in [0, 0.1) is 5.92 Å². The number of likely N-dealkylation sites (tertiary alicyclic amines) is 1. The first-order chi connectivity index (χ1) is 9.13. The van der Waals surface area contributed by atoms with Crippen LogP contribution in [0.1, 0.15) is 25.0 Å². The van der Waals surface area contributed by atoms with Crippen molar-refractivity contribution in [2.75, 3.05) is 20.2 Å². The van der Waals surface area contributed by atoms with Crippen LogP contribution in [0.4, 0.5) is 0 Å². The van der Waals surface area contributed by atoms with Gasteiger partial charge >= 0.3 is 0 Å². The number of nitrogens with zero attached hydrogens (tertiary/aromatic N) is 1. The molecule has 1 fully saturated rings. The highest BCUT2D eigenvalue weighted by atomic mass is 16.5. The molecule has 1 aromatic carbocycles. The van der Waals surface area contributed by atoms with Crippen molar-refractivity contribution in [2.24, 2.45) is 11.7 Å². The van der Waals surface area contributed by atoms with Crippen LogP contribution in [0.15, 0.2) is 30.3 Å². The summed E-state index contributed by atoms with van der Waals surface area (Å²) in [5.74, 6) is 0.484. The Morgan fingerprint density at radius 1 is 1.42 bits per heavy atom. The average molecular weight is 262 g/mol. The summed E-state index contributed by atoms with van der Waals surface area (Å²) in [6.45, 7) is 3.52. The molecule has 1 saturated heterocycles. The summed E-state index contributed by atoms with van der Waals surface area (Å²) in [5.41, 5.74) is 6.94. The van der Waals surface area contributed by atoms with E-state index in [1.165, 1.54) is 0 Å². The second-order valence-electron chi connectivity index (χ2n) is 5.24. The minimum absolute atomic E-state index is 0.0102. The lowest BCUT2D eigenvalue weighted by atomic mass is 9.93. The predicted octanol–water partition coefficient (Wildman–Crippen LogP) is 1.57. The molecule has 1 aromatic rings. The number of carbonyl (C=O) groups is 1. The van der Waals surface area contributed by atoms with Crippen molar-refractivity contribution in [1.82, 2.24) is 4.90 Å². The van der Waals surface area contributed by atoms with Crippen LogP contribution >= 0.6 is 0 Å². The van der Waals surface area contributed by atoms with Gasteiger partial charge in [-0.15, -0.1) is 0 Å². The average Bonchev–Trinajstić information content (AvgIpc) is 2.44. The number of piperidine rings is 1. The number of carbonyl (C=O) groups excluding carboxylic acids is 1. The molecular formula is C15H22N2O2. The fourth-order valence-corrected chi connectivity index (χ4v) is 2.47. The van der Waals surface area contributed by atoms with E-state index in [9.17, 15) is 4.79 Å². The first-order valence-electron chi connectivity index (χ1n) is 6.75. The van der Waals surface area contributed by atoms with Crippen LogP contribution in [-0.4, -0.2) is 37.0 Å². The third-order valence-corrected chi connectivity index (χ3v) is 3.89. The Morgan fingerprint density at radius 2 is 2.11 bits per heavy atom. The highest BCUT2D eigenvalue weighted by Gasteiger charge is 2.31. The van der Waals surface area contributed by atoms with Crippen molar-refractivity contribution in [1.29, 1.82) is 0 Å². The van der Waals surface area contributed by atoms with E-state index in [-0.39, 0.29) is 11.9 Å². The predicted molar refractivity (Wildman–Crippen MR) is 74.5 cm³/mol. The first kappa shape index (κ1) is 14.0. The van der Waals surface area contributed by atoms with E-state index >= 15 is 0 Å². The van der Waals surface area contributed by atoms with Gasteiger partial charge < -0.3 is 15.4 Å². The van der Waals surface area contributed by atoms with Gasteiger partial charge in [0, 0.05) is 26.2 Å². The molecule has 19 heavy (non-hydrogen) atoms. The van der Waals surface area contributed by atoms with Gasteiger partial charge in [0.05, 0.1) is 0 Å². The van der Waals surface area contributed by atoms with Crippen molar-refractivity contribution in [3.05, 3.63) is 35.9 Å². The monoisotopic (exact) mass is 262 g/mol. The molecule has 3 atom stereocenters. The zero-order valence-corrected chi connectivity index (χ0v) is 11.6. The van der Waals surface area contributed by atoms with Crippen LogP contribution in [0.2, 0.25) is 0 Å². The lowest BCUT2D eigenvalue weighted by Crippen LogP contribution is -2.51. The number of benzene rings is 1. The molecular weight excluding hydrogens is 240 g/mol. The normalized spacial score (nSPS) is 25.1. The molecule has 2 rings (SSSR count). The zero-order valence-electron chi connectivity index (χ0n) is 11.6. The summed E-state index contributed by atoms with van der Waals surface area (Å²) in [4.78, 5) is 14.4. The summed E-state index contributed by atoms with van der Waals surface area (Å²) in [6, 6.07) is 9.65. The van der Waals surface area contributed by atoms with Crippen LogP contribution in [0.25, 0.3) is 0 Å². The summed E-state index contributed by atoms with van der Waals surface area (Å²) < 4.78 is 5.38. The molecule has 1 aliphatic rings. The molecule has 0 aliphatic carbocycles. The first-order valence-corrected chi connectivity index (χ1v) is 6.75. The maximum atomic E-state index is 12.5. The van der Waals surface area contributed by atoms with Gasteiger partial charge in [0.1, 0.15) is 0 Å². The molecule has 3 unspecified atom stereocenters. The van der Waals surface area contributed by atoms with Gasteiger partial charge in [0.2, 0.25) is 0 Å². The molecule has 0 aromatic heterocycles. The van der Waals surface area contributed by atoms with Gasteiger partial charge in [0.15, 0.2) is 6.10 Å². The highest BCUT2D eigenvalue weighted by Crippen LogP contribution is 2.23. The van der Waals surface area contributed by atoms with Crippen molar-refractivity contribution < 1.29 is 9.53 Å². The number of nitrogens with two attached hydrogens (primary N) is 1. The molecule has 0 radical (unpaired) electrons. The number of rotatable bonds is 3. The van der Waals surface area contributed by atoms with Gasteiger partial charge in [-0.1, -0.05) is 37.3 Å². The molecule has 104 valence electrons. The molecule has 1 heterocycles. The minimum atomic E-state index is -0.526. The van der Waals surface area contributed by atoms with E-state index in [1.807, 2.05) is 35.2 Å². The maximum Gasteiger partial charge on any atom is 0.256 e. The van der Waals surface area contributed by atoms with E-state index in [1.54, 1.807) is 7.11 Å². The van der Waals surface area contributed by atoms with E-state index < -0.39 is 6.10 Å². The Bertz CT molecular complexity index is 421. The van der Waals surface area contributed by atoms with Crippen LogP contribution in [0.3, 0.4) is 0 Å². The summed E-state index contributed by atoms with van der Waals surface area (Å²) in [7, 11) is 1.57. The second kappa shape index (κ2) is 6.17. The van der Waals surface area contributed by atoms with Crippen molar-refractivity contribution >= 4 is 5.91 Å². The van der Waals surface area contributed by atoms with E-state index in [0.717, 1.165) is 18.5 Å². The van der Waals surface area contributed by atoms with Crippen LogP contribution in [0.5, 0.6) is 0 Å². The third kappa shape index (κ3) is 3.14. The van der Waals surface area contributed by atoms with E-state index in [4.69, 9.17) is 10.5 Å². The smallest absolute Gasteiger partial charge is 0.256 e. The fourth-order valence-electron chi connectivity index (χ4n) is 2.47. The number of hydrogen-bond acceptors (Lipinski definition) is 3. The van der Waals surface area contributed by atoms with Crippen LogP contribution in [-0.2, 0) is 9.53 Å². The largest absolute Gasteiger partial charge is 0.367 e. The zero-order chi connectivity index (χ0) is 13.8. The van der Waals surface area contributed by atoms with Crippen molar-refractivity contribution in [3.8, 4) is 0 Å².